The summed E-state index contributed by atoms with van der Waals surface area (Å²) in [5.74, 6) is -4.05. The molecule has 4 aliphatic rings. The van der Waals surface area contributed by atoms with Crippen LogP contribution in [0.2, 0.25) is 0 Å². The molecule has 2 amide bonds. The van der Waals surface area contributed by atoms with Crippen molar-refractivity contribution in [2.75, 3.05) is 4.90 Å². The van der Waals surface area contributed by atoms with Crippen LogP contribution in [0.5, 0.6) is 0 Å². The monoisotopic (exact) mass is 455 g/mol. The molecule has 3 aromatic carbocycles. The number of anilines is 1. The molecule has 1 fully saturated rings. The van der Waals surface area contributed by atoms with Crippen molar-refractivity contribution in [3.63, 3.8) is 0 Å². The highest BCUT2D eigenvalue weighted by molar-refractivity contribution is 6.24. The molecule has 7 rings (SSSR count). The van der Waals surface area contributed by atoms with E-state index < -0.39 is 45.0 Å². The van der Waals surface area contributed by atoms with E-state index in [2.05, 4.69) is 0 Å². The largest absolute Gasteiger partial charge is 0.285 e. The van der Waals surface area contributed by atoms with Gasteiger partial charge in [-0.25, -0.2) is 4.90 Å². The van der Waals surface area contributed by atoms with Gasteiger partial charge in [0.15, 0.2) is 0 Å². The maximum absolute atomic E-state index is 13.9. The molecule has 2 atom stereocenters. The highest BCUT2D eigenvalue weighted by Gasteiger charge is 2.74. The molecule has 0 unspecified atom stereocenters. The molecule has 3 aromatic rings. The van der Waals surface area contributed by atoms with Crippen molar-refractivity contribution < 1.29 is 19.4 Å². The summed E-state index contributed by atoms with van der Waals surface area (Å²) in [4.78, 5) is 52.0. The third kappa shape index (κ3) is 2.18. The Hall–Kier alpha value is -4.40. The summed E-state index contributed by atoms with van der Waals surface area (Å²) in [6.45, 7) is 1.64. The minimum Gasteiger partial charge on any atom is -0.274 e. The van der Waals surface area contributed by atoms with Crippen LogP contribution in [-0.2, 0) is 15.1 Å². The first-order valence-electron chi connectivity index (χ1n) is 10.8. The SMILES string of the molecule is Cc1ccc([N+](=O)[O-])cc1N1C(=O)[C@@H]2C3c4ccccc4C([N+](=O)[O-])(c4ccccc43)[C@@H]2C1=O. The van der Waals surface area contributed by atoms with Crippen molar-refractivity contribution in [1.29, 1.82) is 0 Å². The fourth-order valence-electron chi connectivity index (χ4n) is 6.23. The summed E-state index contributed by atoms with van der Waals surface area (Å²) >= 11 is 0. The van der Waals surface area contributed by atoms with Crippen LogP contribution in [0.15, 0.2) is 66.7 Å². The van der Waals surface area contributed by atoms with Gasteiger partial charge in [-0.2, -0.15) is 0 Å². The lowest BCUT2D eigenvalue weighted by Gasteiger charge is -2.48. The number of benzene rings is 3. The van der Waals surface area contributed by atoms with Gasteiger partial charge in [0.05, 0.1) is 16.5 Å². The van der Waals surface area contributed by atoms with Crippen LogP contribution >= 0.6 is 0 Å². The number of hydrogen-bond acceptors (Lipinski definition) is 6. The normalized spacial score (nSPS) is 26.1. The van der Waals surface area contributed by atoms with Crippen molar-refractivity contribution in [2.24, 2.45) is 11.8 Å². The lowest BCUT2D eigenvalue weighted by molar-refractivity contribution is -0.578. The standard InChI is InChI=1S/C25H17N3O6/c1-13-10-11-14(27(31)32)12-19(13)26-23(29)21-20-15-6-2-4-8-17(15)25(28(33)34,22(21)24(26)30)18-9-5-3-7-16(18)20/h2-12,20-22H,1H3/t20?,21-,22+,25?/m1/s1. The van der Waals surface area contributed by atoms with Crippen molar-refractivity contribution in [2.45, 2.75) is 18.4 Å². The van der Waals surface area contributed by atoms with E-state index in [0.29, 0.717) is 27.8 Å². The highest BCUT2D eigenvalue weighted by atomic mass is 16.6. The second-order valence-corrected chi connectivity index (χ2v) is 8.92. The van der Waals surface area contributed by atoms with Crippen molar-refractivity contribution in [3.8, 4) is 0 Å². The molecule has 1 saturated heterocycles. The predicted octanol–water partition coefficient (Wildman–Crippen LogP) is 3.69. The molecule has 1 aliphatic heterocycles. The molecule has 34 heavy (non-hydrogen) atoms. The smallest absolute Gasteiger partial charge is 0.274 e. The van der Waals surface area contributed by atoms with E-state index in [4.69, 9.17) is 0 Å². The summed E-state index contributed by atoms with van der Waals surface area (Å²) in [6.07, 6.45) is 0. The summed E-state index contributed by atoms with van der Waals surface area (Å²) in [7, 11) is 0. The van der Waals surface area contributed by atoms with E-state index in [0.717, 1.165) is 4.90 Å². The van der Waals surface area contributed by atoms with E-state index >= 15 is 0 Å². The number of nitrogens with zero attached hydrogens (tertiary/aromatic N) is 3. The second-order valence-electron chi connectivity index (χ2n) is 8.92. The van der Waals surface area contributed by atoms with Gasteiger partial charge in [0.25, 0.3) is 11.2 Å². The summed E-state index contributed by atoms with van der Waals surface area (Å²) in [5, 5.41) is 24.3. The van der Waals surface area contributed by atoms with Gasteiger partial charge in [0, 0.05) is 34.1 Å². The number of imide groups is 1. The molecule has 9 heteroatoms. The molecule has 0 aromatic heterocycles. The predicted molar refractivity (Wildman–Crippen MR) is 120 cm³/mol. The van der Waals surface area contributed by atoms with E-state index in [1.54, 1.807) is 55.5 Å². The maximum Gasteiger partial charge on any atom is 0.285 e. The number of carbonyl (C=O) groups is 2. The molecule has 0 N–H and O–H groups in total. The van der Waals surface area contributed by atoms with Crippen LogP contribution in [0.1, 0.15) is 33.7 Å². The zero-order valence-corrected chi connectivity index (χ0v) is 17.9. The molecule has 3 aliphatic carbocycles. The highest BCUT2D eigenvalue weighted by Crippen LogP contribution is 2.64. The van der Waals surface area contributed by atoms with E-state index in [-0.39, 0.29) is 11.4 Å². The Balaban J connectivity index is 1.65. The Morgan fingerprint density at radius 3 is 2.00 bits per heavy atom. The van der Waals surface area contributed by atoms with Crippen molar-refractivity contribution >= 4 is 23.2 Å². The van der Waals surface area contributed by atoms with Crippen molar-refractivity contribution in [3.05, 3.63) is 115 Å². The molecule has 0 spiro atoms. The number of hydrogen-bond donors (Lipinski definition) is 0. The van der Waals surface area contributed by atoms with Gasteiger partial charge in [-0.1, -0.05) is 54.6 Å². The number of carbonyl (C=O) groups excluding carboxylic acids is 2. The molecule has 0 radical (unpaired) electrons. The number of nitro groups is 2. The van der Waals surface area contributed by atoms with E-state index in [9.17, 15) is 29.8 Å². The van der Waals surface area contributed by atoms with Crippen LogP contribution in [0.25, 0.3) is 0 Å². The quantitative estimate of drug-likeness (QED) is 0.337. The second kappa shape index (κ2) is 6.57. The Morgan fingerprint density at radius 1 is 0.853 bits per heavy atom. The Kier molecular flexibility index (Phi) is 3.91. The molecular formula is C25H17N3O6. The van der Waals surface area contributed by atoms with Crippen LogP contribution < -0.4 is 4.90 Å². The number of aryl methyl sites for hydroxylation is 1. The van der Waals surface area contributed by atoms with Gasteiger partial charge in [-0.3, -0.25) is 29.8 Å². The molecule has 2 bridgehead atoms. The number of non-ortho nitro benzene ring substituents is 1. The topological polar surface area (TPSA) is 124 Å². The summed E-state index contributed by atoms with van der Waals surface area (Å²) in [6, 6.07) is 17.8. The number of nitro benzene ring substituents is 1. The van der Waals surface area contributed by atoms with Gasteiger partial charge in [-0.15, -0.1) is 0 Å². The molecule has 0 saturated carbocycles. The fourth-order valence-corrected chi connectivity index (χ4v) is 6.23. The first-order valence-corrected chi connectivity index (χ1v) is 10.8. The molecule has 168 valence electrons. The Bertz CT molecular complexity index is 1420. The van der Waals surface area contributed by atoms with Crippen molar-refractivity contribution in [1.82, 2.24) is 0 Å². The Labute approximate surface area is 192 Å². The lowest BCUT2D eigenvalue weighted by atomic mass is 9.51. The number of amides is 2. The van der Waals surface area contributed by atoms with Gasteiger partial charge in [-0.05, 0) is 23.6 Å². The summed E-state index contributed by atoms with van der Waals surface area (Å²) in [5.41, 5.74) is 0.550. The van der Waals surface area contributed by atoms with Crippen LogP contribution in [0, 0.1) is 39.0 Å². The zero-order valence-electron chi connectivity index (χ0n) is 17.9. The van der Waals surface area contributed by atoms with Crippen LogP contribution in [0.4, 0.5) is 11.4 Å². The third-order valence-electron chi connectivity index (χ3n) is 7.51. The minimum absolute atomic E-state index is 0.0876. The van der Waals surface area contributed by atoms with Gasteiger partial charge in [0.1, 0.15) is 5.92 Å². The van der Waals surface area contributed by atoms with Gasteiger partial charge < -0.3 is 0 Å². The Morgan fingerprint density at radius 2 is 1.44 bits per heavy atom. The average Bonchev–Trinajstić information content (AvgIpc) is 3.10. The zero-order chi connectivity index (χ0) is 23.9. The molecular weight excluding hydrogens is 438 g/mol. The molecule has 9 nitrogen and oxygen atoms in total. The first-order chi connectivity index (χ1) is 16.3. The van der Waals surface area contributed by atoms with E-state index in [1.165, 1.54) is 18.2 Å². The van der Waals surface area contributed by atoms with Gasteiger partial charge in [0.2, 0.25) is 11.8 Å². The average molecular weight is 455 g/mol. The van der Waals surface area contributed by atoms with Gasteiger partial charge >= 0.3 is 0 Å². The maximum atomic E-state index is 13.9. The summed E-state index contributed by atoms with van der Waals surface area (Å²) < 4.78 is 0. The molecule has 1 heterocycles. The van der Waals surface area contributed by atoms with Crippen LogP contribution in [0.3, 0.4) is 0 Å². The minimum atomic E-state index is -1.93. The third-order valence-corrected chi connectivity index (χ3v) is 7.51. The number of rotatable bonds is 3. The van der Waals surface area contributed by atoms with Crippen LogP contribution in [-0.4, -0.2) is 21.7 Å². The van der Waals surface area contributed by atoms with E-state index in [1.807, 2.05) is 0 Å². The lowest BCUT2D eigenvalue weighted by Crippen LogP contribution is -2.57. The first kappa shape index (κ1) is 20.2. The fraction of sp³-hybridized carbons (Fsp3) is 0.200.